The molecule has 0 aliphatic rings. The molecule has 0 saturated carbocycles. The Morgan fingerprint density at radius 2 is 2.00 bits per heavy atom. The predicted octanol–water partition coefficient (Wildman–Crippen LogP) is 4.04. The Morgan fingerprint density at radius 3 is 2.78 bits per heavy atom. The van der Waals surface area contributed by atoms with Crippen LogP contribution in [0.4, 0.5) is 5.69 Å². The van der Waals surface area contributed by atoms with Crippen molar-refractivity contribution >= 4 is 28.4 Å². The van der Waals surface area contributed by atoms with Crippen molar-refractivity contribution in [2.45, 2.75) is 6.92 Å². The maximum Gasteiger partial charge on any atom is 0.227 e. The maximum atomic E-state index is 5.89. The molecule has 2 aromatic carbocycles. The summed E-state index contributed by atoms with van der Waals surface area (Å²) in [5, 5.41) is 0.533. The number of oxazole rings is 1. The first kappa shape index (κ1) is 11.1. The maximum absolute atomic E-state index is 5.89. The first-order valence-electron chi connectivity index (χ1n) is 5.56. The van der Waals surface area contributed by atoms with Crippen LogP contribution in [0.15, 0.2) is 40.8 Å². The minimum atomic E-state index is 0.521. The lowest BCUT2D eigenvalue weighted by atomic mass is 10.2. The van der Waals surface area contributed by atoms with Crippen molar-refractivity contribution in [2.24, 2.45) is 0 Å². The molecule has 3 aromatic rings. The first-order valence-corrected chi connectivity index (χ1v) is 5.94. The summed E-state index contributed by atoms with van der Waals surface area (Å²) in [6.07, 6.45) is 0. The predicted molar refractivity (Wildman–Crippen MR) is 73.6 cm³/mol. The third kappa shape index (κ3) is 1.83. The van der Waals surface area contributed by atoms with E-state index >= 15 is 0 Å². The Balaban J connectivity index is 2.16. The van der Waals surface area contributed by atoms with Gasteiger partial charge in [-0.05, 0) is 42.8 Å². The number of aromatic nitrogens is 1. The van der Waals surface area contributed by atoms with E-state index in [1.54, 1.807) is 12.1 Å². The van der Waals surface area contributed by atoms with Gasteiger partial charge in [-0.15, -0.1) is 0 Å². The minimum absolute atomic E-state index is 0.521. The number of aryl methyl sites for hydroxylation is 1. The third-order valence-corrected chi connectivity index (χ3v) is 3.13. The molecule has 0 spiro atoms. The molecule has 0 atom stereocenters. The van der Waals surface area contributed by atoms with E-state index in [2.05, 4.69) is 4.98 Å². The molecule has 1 aromatic heterocycles. The highest BCUT2D eigenvalue weighted by Gasteiger charge is 2.09. The van der Waals surface area contributed by atoms with E-state index in [0.717, 1.165) is 22.2 Å². The topological polar surface area (TPSA) is 52.0 Å². The van der Waals surface area contributed by atoms with E-state index in [1.807, 2.05) is 31.2 Å². The van der Waals surface area contributed by atoms with Crippen LogP contribution < -0.4 is 5.73 Å². The largest absolute Gasteiger partial charge is 0.436 e. The third-order valence-electron chi connectivity index (χ3n) is 2.79. The van der Waals surface area contributed by atoms with Crippen molar-refractivity contribution in [3.8, 4) is 11.5 Å². The van der Waals surface area contributed by atoms with E-state index in [9.17, 15) is 0 Å². The van der Waals surface area contributed by atoms with E-state index in [1.165, 1.54) is 0 Å². The summed E-state index contributed by atoms with van der Waals surface area (Å²) in [4.78, 5) is 4.45. The summed E-state index contributed by atoms with van der Waals surface area (Å²) in [6.45, 7) is 2.02. The Kier molecular flexibility index (Phi) is 2.49. The van der Waals surface area contributed by atoms with Crippen molar-refractivity contribution in [1.82, 2.24) is 4.98 Å². The fourth-order valence-electron chi connectivity index (χ4n) is 1.84. The Bertz CT molecular complexity index is 734. The molecular weight excluding hydrogens is 248 g/mol. The summed E-state index contributed by atoms with van der Waals surface area (Å²) >= 11 is 5.89. The fourth-order valence-corrected chi connectivity index (χ4v) is 1.96. The number of nitrogen functional groups attached to an aromatic ring is 1. The highest BCUT2D eigenvalue weighted by atomic mass is 35.5. The minimum Gasteiger partial charge on any atom is -0.436 e. The second kappa shape index (κ2) is 4.03. The molecule has 3 nitrogen and oxygen atoms in total. The van der Waals surface area contributed by atoms with Crippen LogP contribution in [0, 0.1) is 6.92 Å². The number of nitrogens with zero attached hydrogens (tertiary/aromatic N) is 1. The van der Waals surface area contributed by atoms with Crippen molar-refractivity contribution in [3.63, 3.8) is 0 Å². The molecular formula is C14H11ClN2O. The fraction of sp³-hybridized carbons (Fsp3) is 0.0714. The lowest BCUT2D eigenvalue weighted by Gasteiger charge is -1.99. The smallest absolute Gasteiger partial charge is 0.227 e. The van der Waals surface area contributed by atoms with Gasteiger partial charge in [-0.25, -0.2) is 4.98 Å². The van der Waals surface area contributed by atoms with Gasteiger partial charge in [0.05, 0.1) is 10.7 Å². The van der Waals surface area contributed by atoms with Gasteiger partial charge in [-0.3, -0.25) is 0 Å². The van der Waals surface area contributed by atoms with Crippen LogP contribution in [0.2, 0.25) is 5.02 Å². The summed E-state index contributed by atoms with van der Waals surface area (Å²) < 4.78 is 5.69. The van der Waals surface area contributed by atoms with E-state index in [-0.39, 0.29) is 0 Å². The Hall–Kier alpha value is -2.00. The number of hydrogen-bond acceptors (Lipinski definition) is 3. The number of anilines is 1. The molecule has 1 heterocycles. The zero-order valence-electron chi connectivity index (χ0n) is 9.77. The van der Waals surface area contributed by atoms with Crippen molar-refractivity contribution in [3.05, 3.63) is 47.0 Å². The van der Waals surface area contributed by atoms with Gasteiger partial charge in [0, 0.05) is 5.56 Å². The summed E-state index contributed by atoms with van der Waals surface area (Å²) in [5.74, 6) is 0.555. The summed E-state index contributed by atoms with van der Waals surface area (Å²) in [7, 11) is 0. The highest BCUT2D eigenvalue weighted by Crippen LogP contribution is 2.28. The molecule has 0 fully saturated rings. The van der Waals surface area contributed by atoms with Gasteiger partial charge in [0.15, 0.2) is 5.58 Å². The number of benzene rings is 2. The van der Waals surface area contributed by atoms with E-state index in [0.29, 0.717) is 16.6 Å². The molecule has 0 bridgehead atoms. The van der Waals surface area contributed by atoms with Crippen LogP contribution >= 0.6 is 11.6 Å². The molecule has 0 radical (unpaired) electrons. The quantitative estimate of drug-likeness (QED) is 0.670. The number of fused-ring (bicyclic) bond motifs is 1. The van der Waals surface area contributed by atoms with Gasteiger partial charge in [-0.1, -0.05) is 17.7 Å². The molecule has 0 amide bonds. The van der Waals surface area contributed by atoms with Crippen LogP contribution in [0.1, 0.15) is 5.56 Å². The Morgan fingerprint density at radius 1 is 1.17 bits per heavy atom. The molecule has 2 N–H and O–H groups in total. The zero-order valence-corrected chi connectivity index (χ0v) is 10.5. The molecule has 0 aliphatic carbocycles. The van der Waals surface area contributed by atoms with E-state index in [4.69, 9.17) is 21.8 Å². The molecule has 0 unspecified atom stereocenters. The normalized spacial score (nSPS) is 11.0. The van der Waals surface area contributed by atoms with E-state index < -0.39 is 0 Å². The van der Waals surface area contributed by atoms with Gasteiger partial charge in [0.1, 0.15) is 5.52 Å². The standard InChI is InChI=1S/C14H11ClN2O/c1-8-2-5-13-12(6-8)17-14(18-13)9-3-4-10(15)11(16)7-9/h2-7H,16H2,1H3. The van der Waals surface area contributed by atoms with Crippen molar-refractivity contribution < 1.29 is 4.42 Å². The molecule has 18 heavy (non-hydrogen) atoms. The SMILES string of the molecule is Cc1ccc2oc(-c3ccc(Cl)c(N)c3)nc2c1. The van der Waals surface area contributed by atoms with Crippen molar-refractivity contribution in [2.75, 3.05) is 5.73 Å². The van der Waals surface area contributed by atoms with Crippen LogP contribution in [-0.2, 0) is 0 Å². The Labute approximate surface area is 109 Å². The van der Waals surface area contributed by atoms with Gasteiger partial charge in [0.2, 0.25) is 5.89 Å². The molecule has 90 valence electrons. The lowest BCUT2D eigenvalue weighted by Crippen LogP contribution is -1.87. The second-order valence-corrected chi connectivity index (χ2v) is 4.63. The van der Waals surface area contributed by atoms with Crippen LogP contribution in [0.25, 0.3) is 22.6 Å². The average Bonchev–Trinajstić information content (AvgIpc) is 2.75. The highest BCUT2D eigenvalue weighted by molar-refractivity contribution is 6.33. The van der Waals surface area contributed by atoms with Gasteiger partial charge >= 0.3 is 0 Å². The molecule has 4 heteroatoms. The molecule has 0 aliphatic heterocycles. The summed E-state index contributed by atoms with van der Waals surface area (Å²) in [5.41, 5.74) is 9.89. The van der Waals surface area contributed by atoms with Crippen LogP contribution in [0.5, 0.6) is 0 Å². The number of rotatable bonds is 1. The van der Waals surface area contributed by atoms with Gasteiger partial charge in [0.25, 0.3) is 0 Å². The molecule has 0 saturated heterocycles. The monoisotopic (exact) mass is 258 g/mol. The van der Waals surface area contributed by atoms with Crippen LogP contribution in [-0.4, -0.2) is 4.98 Å². The van der Waals surface area contributed by atoms with Crippen molar-refractivity contribution in [1.29, 1.82) is 0 Å². The lowest BCUT2D eigenvalue weighted by molar-refractivity contribution is 0.620. The van der Waals surface area contributed by atoms with Gasteiger partial charge < -0.3 is 10.2 Å². The first-order chi connectivity index (χ1) is 8.63. The summed E-state index contributed by atoms with van der Waals surface area (Å²) in [6, 6.07) is 11.2. The second-order valence-electron chi connectivity index (χ2n) is 4.23. The number of hydrogen-bond donors (Lipinski definition) is 1. The number of nitrogens with two attached hydrogens (primary N) is 1. The molecule has 3 rings (SSSR count). The van der Waals surface area contributed by atoms with Gasteiger partial charge in [-0.2, -0.15) is 0 Å². The number of halogens is 1. The average molecular weight is 259 g/mol. The zero-order chi connectivity index (χ0) is 12.7. The van der Waals surface area contributed by atoms with Crippen LogP contribution in [0.3, 0.4) is 0 Å².